The molecule has 0 saturated heterocycles. The quantitative estimate of drug-likeness (QED) is 0.716. The predicted molar refractivity (Wildman–Crippen MR) is 84.0 cm³/mol. The molecule has 0 heterocycles. The van der Waals surface area contributed by atoms with Crippen molar-refractivity contribution in [2.75, 3.05) is 5.32 Å². The summed E-state index contributed by atoms with van der Waals surface area (Å²) in [7, 11) is 0. The summed E-state index contributed by atoms with van der Waals surface area (Å²) in [5, 5.41) is 15.3. The van der Waals surface area contributed by atoms with Crippen LogP contribution >= 0.6 is 23.2 Å². The van der Waals surface area contributed by atoms with Crippen molar-refractivity contribution in [3.8, 4) is 0 Å². The van der Waals surface area contributed by atoms with Crippen molar-refractivity contribution in [1.82, 2.24) is 5.32 Å². The lowest BCUT2D eigenvalue weighted by Gasteiger charge is -2.19. The van der Waals surface area contributed by atoms with Crippen LogP contribution in [0.15, 0.2) is 18.2 Å². The van der Waals surface area contributed by atoms with Crippen LogP contribution in [0.5, 0.6) is 0 Å². The predicted octanol–water partition coefficient (Wildman–Crippen LogP) is 3.16. The van der Waals surface area contributed by atoms with E-state index in [-0.39, 0.29) is 5.91 Å². The average Bonchev–Trinajstić information content (AvgIpc) is 2.42. The molecule has 0 aliphatic heterocycles. The smallest absolute Gasteiger partial charge is 0.320 e. The van der Waals surface area contributed by atoms with Gasteiger partial charge in [-0.15, -0.1) is 0 Å². The van der Waals surface area contributed by atoms with Gasteiger partial charge in [-0.25, -0.2) is 0 Å². The Morgan fingerprint density at radius 3 is 2.48 bits per heavy atom. The molecular weight excluding hydrogens is 315 g/mol. The van der Waals surface area contributed by atoms with Crippen molar-refractivity contribution < 1.29 is 14.7 Å². The number of amides is 1. The van der Waals surface area contributed by atoms with E-state index in [2.05, 4.69) is 10.6 Å². The van der Waals surface area contributed by atoms with Gasteiger partial charge in [0.25, 0.3) is 0 Å². The lowest BCUT2D eigenvalue weighted by molar-refractivity contribution is -0.140. The third kappa shape index (κ3) is 5.53. The summed E-state index contributed by atoms with van der Waals surface area (Å²) < 4.78 is 0. The number of halogens is 2. The van der Waals surface area contributed by atoms with Gasteiger partial charge in [-0.3, -0.25) is 14.9 Å². The molecule has 2 unspecified atom stereocenters. The van der Waals surface area contributed by atoms with Crippen LogP contribution in [-0.2, 0) is 9.59 Å². The summed E-state index contributed by atoms with van der Waals surface area (Å²) in [4.78, 5) is 23.1. The average molecular weight is 333 g/mol. The fourth-order valence-electron chi connectivity index (χ4n) is 1.77. The standard InChI is InChI=1S/C14H18Cl2N2O3/c1-3-4-12(14(20)21)17-8(2)13(19)18-9-5-6-10(15)11(16)7-9/h5-8,12,17H,3-4H2,1-2H3,(H,18,19)(H,20,21). The molecular formula is C14H18Cl2N2O3. The summed E-state index contributed by atoms with van der Waals surface area (Å²) >= 11 is 11.7. The molecule has 0 radical (unpaired) electrons. The Hall–Kier alpha value is -1.30. The molecule has 0 fully saturated rings. The number of nitrogens with one attached hydrogen (secondary N) is 2. The summed E-state index contributed by atoms with van der Waals surface area (Å²) in [6, 6.07) is 3.35. The highest BCUT2D eigenvalue weighted by molar-refractivity contribution is 6.42. The number of carboxylic acids is 1. The first-order valence-corrected chi connectivity index (χ1v) is 7.35. The Bertz CT molecular complexity index is 523. The second-order valence-corrected chi connectivity index (χ2v) is 5.50. The zero-order chi connectivity index (χ0) is 16.0. The lowest BCUT2D eigenvalue weighted by atomic mass is 10.1. The molecule has 3 N–H and O–H groups in total. The molecule has 7 heteroatoms. The van der Waals surface area contributed by atoms with Crippen LogP contribution in [-0.4, -0.2) is 29.1 Å². The molecule has 1 rings (SSSR count). The highest BCUT2D eigenvalue weighted by Crippen LogP contribution is 2.25. The van der Waals surface area contributed by atoms with Gasteiger partial charge in [0.05, 0.1) is 16.1 Å². The number of hydrogen-bond acceptors (Lipinski definition) is 3. The number of anilines is 1. The number of hydrogen-bond donors (Lipinski definition) is 3. The molecule has 1 amide bonds. The number of benzene rings is 1. The number of carbonyl (C=O) groups is 2. The molecule has 0 aliphatic carbocycles. The summed E-state index contributed by atoms with van der Waals surface area (Å²) in [6.45, 7) is 3.50. The summed E-state index contributed by atoms with van der Waals surface area (Å²) in [5.41, 5.74) is 0.505. The molecule has 2 atom stereocenters. The van der Waals surface area contributed by atoms with Crippen LogP contribution in [0.2, 0.25) is 10.0 Å². The van der Waals surface area contributed by atoms with Gasteiger partial charge >= 0.3 is 5.97 Å². The third-order valence-electron chi connectivity index (χ3n) is 2.91. The number of carboxylic acid groups (broad SMARTS) is 1. The van der Waals surface area contributed by atoms with E-state index in [0.717, 1.165) is 0 Å². The highest BCUT2D eigenvalue weighted by atomic mass is 35.5. The lowest BCUT2D eigenvalue weighted by Crippen LogP contribution is -2.47. The van der Waals surface area contributed by atoms with Gasteiger partial charge in [0, 0.05) is 5.69 Å². The van der Waals surface area contributed by atoms with Gasteiger partial charge in [-0.05, 0) is 31.5 Å². The van der Waals surface area contributed by atoms with Gasteiger partial charge < -0.3 is 10.4 Å². The molecule has 0 aliphatic rings. The second-order valence-electron chi connectivity index (χ2n) is 4.69. The van der Waals surface area contributed by atoms with Crippen LogP contribution in [0.1, 0.15) is 26.7 Å². The van der Waals surface area contributed by atoms with Crippen LogP contribution in [0.3, 0.4) is 0 Å². The molecule has 1 aromatic rings. The maximum absolute atomic E-state index is 12.0. The van der Waals surface area contributed by atoms with E-state index in [9.17, 15) is 9.59 Å². The normalized spacial score (nSPS) is 13.5. The zero-order valence-electron chi connectivity index (χ0n) is 11.8. The Morgan fingerprint density at radius 1 is 1.29 bits per heavy atom. The first kappa shape index (κ1) is 17.8. The fourth-order valence-corrected chi connectivity index (χ4v) is 2.07. The molecule has 1 aromatic carbocycles. The molecule has 0 aromatic heterocycles. The Balaban J connectivity index is 2.65. The van der Waals surface area contributed by atoms with E-state index in [4.69, 9.17) is 28.3 Å². The van der Waals surface area contributed by atoms with E-state index >= 15 is 0 Å². The molecule has 5 nitrogen and oxygen atoms in total. The van der Waals surface area contributed by atoms with Crippen molar-refractivity contribution in [2.24, 2.45) is 0 Å². The largest absolute Gasteiger partial charge is 0.480 e. The van der Waals surface area contributed by atoms with Gasteiger partial charge in [-0.2, -0.15) is 0 Å². The maximum Gasteiger partial charge on any atom is 0.320 e. The second kappa shape index (κ2) is 8.22. The van der Waals surface area contributed by atoms with E-state index in [1.165, 1.54) is 6.07 Å². The number of carbonyl (C=O) groups excluding carboxylic acids is 1. The van der Waals surface area contributed by atoms with Crippen molar-refractivity contribution >= 4 is 40.8 Å². The molecule has 0 saturated carbocycles. The maximum atomic E-state index is 12.0. The molecule has 21 heavy (non-hydrogen) atoms. The van der Waals surface area contributed by atoms with Crippen LogP contribution in [0.25, 0.3) is 0 Å². The van der Waals surface area contributed by atoms with Crippen molar-refractivity contribution in [1.29, 1.82) is 0 Å². The van der Waals surface area contributed by atoms with E-state index in [1.54, 1.807) is 19.1 Å². The van der Waals surface area contributed by atoms with Crippen molar-refractivity contribution in [3.05, 3.63) is 28.2 Å². The third-order valence-corrected chi connectivity index (χ3v) is 3.65. The Morgan fingerprint density at radius 2 is 1.95 bits per heavy atom. The monoisotopic (exact) mass is 332 g/mol. The Kier molecular flexibility index (Phi) is 6.95. The number of aliphatic carboxylic acids is 1. The molecule has 0 bridgehead atoms. The summed E-state index contributed by atoms with van der Waals surface area (Å²) in [5.74, 6) is -1.30. The van der Waals surface area contributed by atoms with E-state index in [1.807, 2.05) is 6.92 Å². The minimum absolute atomic E-state index is 0.337. The minimum Gasteiger partial charge on any atom is -0.480 e. The van der Waals surface area contributed by atoms with Crippen molar-refractivity contribution in [2.45, 2.75) is 38.8 Å². The van der Waals surface area contributed by atoms with Crippen molar-refractivity contribution in [3.63, 3.8) is 0 Å². The fraction of sp³-hybridized carbons (Fsp3) is 0.429. The van der Waals surface area contributed by atoms with E-state index in [0.29, 0.717) is 28.6 Å². The zero-order valence-corrected chi connectivity index (χ0v) is 13.3. The first-order chi connectivity index (χ1) is 9.85. The van der Waals surface area contributed by atoms with Gasteiger partial charge in [0.15, 0.2) is 0 Å². The van der Waals surface area contributed by atoms with Gasteiger partial charge in [0.2, 0.25) is 5.91 Å². The number of rotatable bonds is 7. The van der Waals surface area contributed by atoms with Crippen LogP contribution in [0, 0.1) is 0 Å². The minimum atomic E-state index is -0.967. The summed E-state index contributed by atoms with van der Waals surface area (Å²) in [6.07, 6.45) is 1.17. The van der Waals surface area contributed by atoms with Crippen LogP contribution < -0.4 is 10.6 Å². The Labute approximate surface area is 133 Å². The highest BCUT2D eigenvalue weighted by Gasteiger charge is 2.22. The molecule has 0 spiro atoms. The van der Waals surface area contributed by atoms with E-state index < -0.39 is 18.1 Å². The van der Waals surface area contributed by atoms with Crippen LogP contribution in [0.4, 0.5) is 5.69 Å². The topological polar surface area (TPSA) is 78.4 Å². The van der Waals surface area contributed by atoms with Gasteiger partial charge in [-0.1, -0.05) is 36.5 Å². The van der Waals surface area contributed by atoms with Gasteiger partial charge in [0.1, 0.15) is 6.04 Å². The first-order valence-electron chi connectivity index (χ1n) is 6.60. The molecule has 116 valence electrons. The SMILES string of the molecule is CCCC(NC(C)C(=O)Nc1ccc(Cl)c(Cl)c1)C(=O)O.